The summed E-state index contributed by atoms with van der Waals surface area (Å²) in [6.45, 7) is 9.44. The molecule has 0 saturated carbocycles. The van der Waals surface area contributed by atoms with E-state index in [2.05, 4.69) is 39.8 Å². The van der Waals surface area contributed by atoms with Crippen molar-refractivity contribution in [1.29, 1.82) is 0 Å². The topological polar surface area (TPSA) is 0 Å². The van der Waals surface area contributed by atoms with Crippen molar-refractivity contribution in [1.82, 2.24) is 0 Å². The third-order valence-electron chi connectivity index (χ3n) is 5.56. The Labute approximate surface area is 136 Å². The summed E-state index contributed by atoms with van der Waals surface area (Å²) < 4.78 is 0. The Kier molecular flexibility index (Phi) is 14.8. The molecule has 0 fully saturated rings. The standard InChI is InChI=1S/C20H42Si/c1-5-9-10-11-12-13-14-15-16-17-18-19-20-21(6-2,7-3)8-4/h5,9H,6-8,10-20H2,1-4H3. The molecule has 21 heavy (non-hydrogen) atoms. The van der Waals surface area contributed by atoms with Gasteiger partial charge in [0, 0.05) is 0 Å². The van der Waals surface area contributed by atoms with E-state index < -0.39 is 8.07 Å². The van der Waals surface area contributed by atoms with Crippen LogP contribution in [-0.4, -0.2) is 8.07 Å². The highest BCUT2D eigenvalue weighted by Crippen LogP contribution is 2.27. The van der Waals surface area contributed by atoms with Crippen molar-refractivity contribution in [2.45, 2.75) is 116 Å². The van der Waals surface area contributed by atoms with Gasteiger partial charge in [0.2, 0.25) is 0 Å². The van der Waals surface area contributed by atoms with E-state index in [0.29, 0.717) is 0 Å². The third-order valence-corrected chi connectivity index (χ3v) is 11.5. The fraction of sp³-hybridized carbons (Fsp3) is 0.900. The molecule has 0 unspecified atom stereocenters. The van der Waals surface area contributed by atoms with Gasteiger partial charge in [0.25, 0.3) is 0 Å². The van der Waals surface area contributed by atoms with E-state index in [9.17, 15) is 0 Å². The van der Waals surface area contributed by atoms with Crippen LogP contribution in [0.15, 0.2) is 12.2 Å². The van der Waals surface area contributed by atoms with Gasteiger partial charge in [-0.05, 0) is 19.8 Å². The van der Waals surface area contributed by atoms with Crippen LogP contribution >= 0.6 is 0 Å². The molecule has 126 valence electrons. The normalized spacial score (nSPS) is 12.4. The molecule has 0 aromatic rings. The quantitative estimate of drug-likeness (QED) is 0.163. The van der Waals surface area contributed by atoms with E-state index in [4.69, 9.17) is 0 Å². The van der Waals surface area contributed by atoms with E-state index in [1.807, 2.05) is 0 Å². The molecule has 0 aliphatic rings. The number of hydrogen-bond donors (Lipinski definition) is 0. The molecule has 0 aromatic heterocycles. The first-order chi connectivity index (χ1) is 10.2. The van der Waals surface area contributed by atoms with Crippen LogP contribution in [0.25, 0.3) is 0 Å². The van der Waals surface area contributed by atoms with Crippen LogP contribution in [0.3, 0.4) is 0 Å². The number of rotatable bonds is 15. The summed E-state index contributed by atoms with van der Waals surface area (Å²) in [4.78, 5) is 0. The third kappa shape index (κ3) is 11.2. The van der Waals surface area contributed by atoms with E-state index in [0.717, 1.165) is 0 Å². The van der Waals surface area contributed by atoms with Gasteiger partial charge in [-0.3, -0.25) is 0 Å². The molecule has 0 aliphatic carbocycles. The van der Waals surface area contributed by atoms with Crippen molar-refractivity contribution in [3.05, 3.63) is 12.2 Å². The monoisotopic (exact) mass is 310 g/mol. The van der Waals surface area contributed by atoms with Crippen LogP contribution < -0.4 is 0 Å². The first-order valence-electron chi connectivity index (χ1n) is 9.85. The summed E-state index contributed by atoms with van der Waals surface area (Å²) >= 11 is 0. The summed E-state index contributed by atoms with van der Waals surface area (Å²) in [6.07, 6.45) is 19.0. The molecular formula is C20H42Si. The largest absolute Gasteiger partial charge is 0.0917 e. The summed E-state index contributed by atoms with van der Waals surface area (Å²) in [5.74, 6) is 0. The molecule has 0 spiro atoms. The molecule has 0 radical (unpaired) electrons. The van der Waals surface area contributed by atoms with Gasteiger partial charge >= 0.3 is 0 Å². The van der Waals surface area contributed by atoms with E-state index in [1.54, 1.807) is 6.04 Å². The molecule has 1 heteroatoms. The van der Waals surface area contributed by atoms with Gasteiger partial charge in [0.15, 0.2) is 0 Å². The average molecular weight is 311 g/mol. The lowest BCUT2D eigenvalue weighted by Crippen LogP contribution is -2.30. The van der Waals surface area contributed by atoms with Crippen molar-refractivity contribution >= 4 is 8.07 Å². The maximum atomic E-state index is 2.44. The van der Waals surface area contributed by atoms with Crippen LogP contribution in [0, 0.1) is 0 Å². The second-order valence-corrected chi connectivity index (χ2v) is 12.5. The molecule has 0 atom stereocenters. The predicted molar refractivity (Wildman–Crippen MR) is 103 cm³/mol. The Bertz CT molecular complexity index is 220. The molecule has 0 rings (SSSR count). The van der Waals surface area contributed by atoms with Gasteiger partial charge in [-0.25, -0.2) is 0 Å². The van der Waals surface area contributed by atoms with Gasteiger partial charge in [-0.15, -0.1) is 0 Å². The van der Waals surface area contributed by atoms with E-state index in [1.165, 1.54) is 82.3 Å². The molecule has 0 nitrogen and oxygen atoms in total. The first kappa shape index (κ1) is 21.0. The lowest BCUT2D eigenvalue weighted by Gasteiger charge is -2.28. The van der Waals surface area contributed by atoms with Crippen molar-refractivity contribution < 1.29 is 0 Å². The van der Waals surface area contributed by atoms with E-state index >= 15 is 0 Å². The Morgan fingerprint density at radius 2 is 1.05 bits per heavy atom. The number of allylic oxidation sites excluding steroid dienone is 2. The van der Waals surface area contributed by atoms with Crippen LogP contribution in [-0.2, 0) is 0 Å². The number of unbranched alkanes of at least 4 members (excludes halogenated alkanes) is 9. The van der Waals surface area contributed by atoms with Crippen LogP contribution in [0.1, 0.15) is 91.9 Å². The molecule has 0 bridgehead atoms. The van der Waals surface area contributed by atoms with Crippen molar-refractivity contribution in [2.75, 3.05) is 0 Å². The highest BCUT2D eigenvalue weighted by Gasteiger charge is 2.25. The SMILES string of the molecule is CC=CCCCCCCCCCCC[Si](CC)(CC)CC. The molecule has 0 aromatic carbocycles. The van der Waals surface area contributed by atoms with Crippen molar-refractivity contribution in [2.24, 2.45) is 0 Å². The van der Waals surface area contributed by atoms with Gasteiger partial charge in [-0.1, -0.05) is 108 Å². The molecular weight excluding hydrogens is 268 g/mol. The lowest BCUT2D eigenvalue weighted by atomic mass is 10.1. The number of hydrogen-bond acceptors (Lipinski definition) is 0. The van der Waals surface area contributed by atoms with Crippen LogP contribution in [0.2, 0.25) is 24.2 Å². The molecule has 0 aliphatic heterocycles. The van der Waals surface area contributed by atoms with Crippen molar-refractivity contribution in [3.8, 4) is 0 Å². The van der Waals surface area contributed by atoms with Gasteiger partial charge in [-0.2, -0.15) is 0 Å². The maximum Gasteiger partial charge on any atom is 0.0527 e. The first-order valence-corrected chi connectivity index (χ1v) is 12.7. The van der Waals surface area contributed by atoms with Gasteiger partial charge in [0.1, 0.15) is 0 Å². The summed E-state index contributed by atoms with van der Waals surface area (Å²) in [7, 11) is -0.820. The maximum absolute atomic E-state index is 2.44. The second kappa shape index (κ2) is 14.9. The molecule has 0 saturated heterocycles. The van der Waals surface area contributed by atoms with Crippen LogP contribution in [0.5, 0.6) is 0 Å². The zero-order valence-corrected chi connectivity index (χ0v) is 16.6. The minimum absolute atomic E-state index is 0.820. The predicted octanol–water partition coefficient (Wildman–Crippen LogP) is 7.97. The molecule has 0 amide bonds. The highest BCUT2D eigenvalue weighted by atomic mass is 28.3. The fourth-order valence-corrected chi connectivity index (χ4v) is 7.01. The van der Waals surface area contributed by atoms with Gasteiger partial charge < -0.3 is 0 Å². The molecule has 0 N–H and O–H groups in total. The fourth-order valence-electron chi connectivity index (χ4n) is 3.45. The van der Waals surface area contributed by atoms with E-state index in [-0.39, 0.29) is 0 Å². The summed E-state index contributed by atoms with van der Waals surface area (Å²) in [5, 5.41) is 0. The smallest absolute Gasteiger partial charge is 0.0527 e. The average Bonchev–Trinajstić information content (AvgIpc) is 2.53. The van der Waals surface area contributed by atoms with Crippen LogP contribution in [0.4, 0.5) is 0 Å². The minimum atomic E-state index is -0.820. The lowest BCUT2D eigenvalue weighted by molar-refractivity contribution is 0.565. The second-order valence-electron chi connectivity index (χ2n) is 6.85. The Hall–Kier alpha value is -0.0431. The molecule has 0 heterocycles. The highest BCUT2D eigenvalue weighted by molar-refractivity contribution is 6.79. The van der Waals surface area contributed by atoms with Crippen molar-refractivity contribution in [3.63, 3.8) is 0 Å². The zero-order chi connectivity index (χ0) is 15.8. The Morgan fingerprint density at radius 1 is 0.619 bits per heavy atom. The Balaban J connectivity index is 3.32. The summed E-state index contributed by atoms with van der Waals surface area (Å²) in [5.41, 5.74) is 0. The Morgan fingerprint density at radius 3 is 1.48 bits per heavy atom. The summed E-state index contributed by atoms with van der Waals surface area (Å²) in [6, 6.07) is 6.12. The minimum Gasteiger partial charge on any atom is -0.0917 e. The zero-order valence-electron chi connectivity index (χ0n) is 15.6. The van der Waals surface area contributed by atoms with Gasteiger partial charge in [0.05, 0.1) is 8.07 Å².